The van der Waals surface area contributed by atoms with Gasteiger partial charge in [0.05, 0.1) is 17.9 Å². The minimum absolute atomic E-state index is 0.206. The maximum absolute atomic E-state index is 12.9. The fourth-order valence-corrected chi connectivity index (χ4v) is 3.03. The van der Waals surface area contributed by atoms with Crippen LogP contribution in [0.2, 0.25) is 0 Å². The molecule has 1 aromatic rings. The van der Waals surface area contributed by atoms with Crippen LogP contribution in [0.25, 0.3) is 0 Å². The molecule has 2 heterocycles. The van der Waals surface area contributed by atoms with Crippen LogP contribution in [0.1, 0.15) is 44.3 Å². The van der Waals surface area contributed by atoms with Crippen molar-refractivity contribution in [1.82, 2.24) is 15.2 Å². The van der Waals surface area contributed by atoms with Gasteiger partial charge in [0.2, 0.25) is 0 Å². The number of hydrogen-bond acceptors (Lipinski definition) is 3. The molecule has 0 saturated carbocycles. The highest BCUT2D eigenvalue weighted by atomic mass is 19.1. The SMILES string of the molecule is CCC1CCCN(CCC(NC)c2ccc(F)cn2)C1. The van der Waals surface area contributed by atoms with Gasteiger partial charge >= 0.3 is 0 Å². The summed E-state index contributed by atoms with van der Waals surface area (Å²) in [6, 6.07) is 3.47. The van der Waals surface area contributed by atoms with Gasteiger partial charge in [-0.3, -0.25) is 4.98 Å². The van der Waals surface area contributed by atoms with Gasteiger partial charge in [0.15, 0.2) is 0 Å². The fraction of sp³-hybridized carbons (Fsp3) is 0.688. The first-order valence-corrected chi connectivity index (χ1v) is 7.74. The maximum atomic E-state index is 12.9. The van der Waals surface area contributed by atoms with Gasteiger partial charge in [-0.1, -0.05) is 13.3 Å². The van der Waals surface area contributed by atoms with Crippen molar-refractivity contribution < 1.29 is 4.39 Å². The maximum Gasteiger partial charge on any atom is 0.141 e. The molecular formula is C16H26FN3. The third kappa shape index (κ3) is 4.25. The molecule has 0 bridgehead atoms. The van der Waals surface area contributed by atoms with Crippen LogP contribution in [0, 0.1) is 11.7 Å². The average Bonchev–Trinajstić information content (AvgIpc) is 2.50. The van der Waals surface area contributed by atoms with Gasteiger partial charge in [0.25, 0.3) is 0 Å². The molecule has 2 unspecified atom stereocenters. The van der Waals surface area contributed by atoms with Gasteiger partial charge in [-0.15, -0.1) is 0 Å². The quantitative estimate of drug-likeness (QED) is 0.867. The standard InChI is InChI=1S/C16H26FN3/c1-3-13-5-4-9-20(12-13)10-8-15(18-2)16-7-6-14(17)11-19-16/h6-7,11,13,15,18H,3-5,8-10,12H2,1-2H3. The molecule has 2 atom stereocenters. The Morgan fingerprint density at radius 2 is 2.35 bits per heavy atom. The highest BCUT2D eigenvalue weighted by molar-refractivity contribution is 5.09. The third-order valence-electron chi connectivity index (χ3n) is 4.37. The van der Waals surface area contributed by atoms with Crippen molar-refractivity contribution in [1.29, 1.82) is 0 Å². The molecule has 0 radical (unpaired) electrons. The highest BCUT2D eigenvalue weighted by Crippen LogP contribution is 2.21. The summed E-state index contributed by atoms with van der Waals surface area (Å²) in [6.07, 6.45) is 6.30. The first kappa shape index (κ1) is 15.4. The van der Waals surface area contributed by atoms with Crippen LogP contribution in [0.5, 0.6) is 0 Å². The number of halogens is 1. The van der Waals surface area contributed by atoms with E-state index in [2.05, 4.69) is 22.1 Å². The molecule has 1 N–H and O–H groups in total. The largest absolute Gasteiger partial charge is 0.312 e. The normalized spacial score (nSPS) is 21.9. The molecule has 1 aromatic heterocycles. The zero-order valence-electron chi connectivity index (χ0n) is 12.6. The van der Waals surface area contributed by atoms with Crippen LogP contribution in [-0.2, 0) is 0 Å². The predicted octanol–water partition coefficient (Wildman–Crippen LogP) is 2.99. The summed E-state index contributed by atoms with van der Waals surface area (Å²) in [7, 11) is 1.95. The van der Waals surface area contributed by atoms with Crippen molar-refractivity contribution in [3.8, 4) is 0 Å². The molecule has 0 aliphatic carbocycles. The van der Waals surface area contributed by atoms with Crippen LogP contribution in [-0.4, -0.2) is 36.6 Å². The van der Waals surface area contributed by atoms with Crippen LogP contribution in [0.4, 0.5) is 4.39 Å². The van der Waals surface area contributed by atoms with Gasteiger partial charge in [0, 0.05) is 13.1 Å². The van der Waals surface area contributed by atoms with Crippen molar-refractivity contribution in [2.75, 3.05) is 26.7 Å². The lowest BCUT2D eigenvalue weighted by Crippen LogP contribution is -2.37. The van der Waals surface area contributed by atoms with Crippen molar-refractivity contribution in [2.24, 2.45) is 5.92 Å². The Labute approximate surface area is 121 Å². The van der Waals surface area contributed by atoms with Crippen molar-refractivity contribution in [2.45, 2.75) is 38.6 Å². The second-order valence-electron chi connectivity index (χ2n) is 5.75. The van der Waals surface area contributed by atoms with E-state index in [-0.39, 0.29) is 11.9 Å². The molecule has 0 spiro atoms. The van der Waals surface area contributed by atoms with Gasteiger partial charge in [-0.25, -0.2) is 4.39 Å². The number of likely N-dealkylation sites (tertiary alicyclic amines) is 1. The number of nitrogens with one attached hydrogen (secondary N) is 1. The van der Waals surface area contributed by atoms with E-state index in [9.17, 15) is 4.39 Å². The second kappa shape index (κ2) is 7.70. The number of aromatic nitrogens is 1. The van der Waals surface area contributed by atoms with E-state index in [0.717, 1.165) is 24.6 Å². The third-order valence-corrected chi connectivity index (χ3v) is 4.37. The van der Waals surface area contributed by atoms with E-state index in [0.29, 0.717) is 0 Å². The van der Waals surface area contributed by atoms with Gasteiger partial charge in [-0.2, -0.15) is 0 Å². The minimum Gasteiger partial charge on any atom is -0.312 e. The first-order chi connectivity index (χ1) is 9.72. The molecule has 112 valence electrons. The van der Waals surface area contributed by atoms with Crippen molar-refractivity contribution in [3.05, 3.63) is 29.8 Å². The molecule has 20 heavy (non-hydrogen) atoms. The van der Waals surface area contributed by atoms with E-state index < -0.39 is 0 Å². The molecule has 0 amide bonds. The predicted molar refractivity (Wildman–Crippen MR) is 80.1 cm³/mol. The molecule has 0 aromatic carbocycles. The second-order valence-corrected chi connectivity index (χ2v) is 5.75. The Kier molecular flexibility index (Phi) is 5.92. The summed E-state index contributed by atoms with van der Waals surface area (Å²) >= 11 is 0. The van der Waals surface area contributed by atoms with Gasteiger partial charge in [0.1, 0.15) is 5.82 Å². The molecule has 1 aliphatic heterocycles. The van der Waals surface area contributed by atoms with Gasteiger partial charge < -0.3 is 10.2 Å². The Morgan fingerprint density at radius 1 is 1.50 bits per heavy atom. The Hall–Kier alpha value is -1.00. The lowest BCUT2D eigenvalue weighted by atomic mass is 9.95. The number of rotatable bonds is 6. The topological polar surface area (TPSA) is 28.2 Å². The molecule has 3 nitrogen and oxygen atoms in total. The van der Waals surface area contributed by atoms with Crippen LogP contribution in [0.3, 0.4) is 0 Å². The van der Waals surface area contributed by atoms with E-state index in [1.807, 2.05) is 7.05 Å². The molecular weight excluding hydrogens is 253 g/mol. The van der Waals surface area contributed by atoms with E-state index >= 15 is 0 Å². The molecule has 1 aliphatic rings. The fourth-order valence-electron chi connectivity index (χ4n) is 3.03. The molecule has 2 rings (SSSR count). The number of pyridine rings is 1. The highest BCUT2D eigenvalue weighted by Gasteiger charge is 2.19. The molecule has 1 saturated heterocycles. The van der Waals surface area contributed by atoms with E-state index in [4.69, 9.17) is 0 Å². The first-order valence-electron chi connectivity index (χ1n) is 7.74. The Morgan fingerprint density at radius 3 is 3.00 bits per heavy atom. The smallest absolute Gasteiger partial charge is 0.141 e. The van der Waals surface area contributed by atoms with Crippen molar-refractivity contribution in [3.63, 3.8) is 0 Å². The lowest BCUT2D eigenvalue weighted by Gasteiger charge is -2.33. The number of piperidine rings is 1. The monoisotopic (exact) mass is 279 g/mol. The van der Waals surface area contributed by atoms with Crippen LogP contribution < -0.4 is 5.32 Å². The average molecular weight is 279 g/mol. The Balaban J connectivity index is 1.85. The summed E-state index contributed by atoms with van der Waals surface area (Å²) in [6.45, 7) is 5.81. The molecule has 1 fully saturated rings. The van der Waals surface area contributed by atoms with Gasteiger partial charge in [-0.05, 0) is 50.9 Å². The number of hydrogen-bond donors (Lipinski definition) is 1. The zero-order chi connectivity index (χ0) is 14.4. The number of nitrogens with zero attached hydrogens (tertiary/aromatic N) is 2. The minimum atomic E-state index is -0.273. The summed E-state index contributed by atoms with van der Waals surface area (Å²) in [5, 5.41) is 3.29. The van der Waals surface area contributed by atoms with E-state index in [1.165, 1.54) is 44.6 Å². The summed E-state index contributed by atoms with van der Waals surface area (Å²) < 4.78 is 12.9. The lowest BCUT2D eigenvalue weighted by molar-refractivity contribution is 0.165. The van der Waals surface area contributed by atoms with Crippen LogP contribution in [0.15, 0.2) is 18.3 Å². The summed E-state index contributed by atoms with van der Waals surface area (Å²) in [5.41, 5.74) is 0.929. The van der Waals surface area contributed by atoms with Crippen LogP contribution >= 0.6 is 0 Å². The molecule has 4 heteroatoms. The van der Waals surface area contributed by atoms with E-state index in [1.54, 1.807) is 6.07 Å². The Bertz CT molecular complexity index is 393. The van der Waals surface area contributed by atoms with Crippen molar-refractivity contribution >= 4 is 0 Å². The zero-order valence-corrected chi connectivity index (χ0v) is 12.6. The summed E-state index contributed by atoms with van der Waals surface area (Å²) in [5.74, 6) is 0.589. The summed E-state index contributed by atoms with van der Waals surface area (Å²) in [4.78, 5) is 6.75.